The summed E-state index contributed by atoms with van der Waals surface area (Å²) in [5.41, 5.74) is 14.2. The summed E-state index contributed by atoms with van der Waals surface area (Å²) in [5.74, 6) is -0.0481. The van der Waals surface area contributed by atoms with Crippen molar-refractivity contribution in [2.45, 2.75) is 0 Å². The van der Waals surface area contributed by atoms with Crippen molar-refractivity contribution in [3.8, 4) is 11.1 Å². The minimum atomic E-state index is -0.0481. The largest absolute Gasteiger partial charge is 0.397 e. The summed E-state index contributed by atoms with van der Waals surface area (Å²) in [6, 6.07) is 14.2. The van der Waals surface area contributed by atoms with Gasteiger partial charge in [0.25, 0.3) is 0 Å². The van der Waals surface area contributed by atoms with E-state index < -0.39 is 0 Å². The van der Waals surface area contributed by atoms with E-state index in [1.807, 2.05) is 30.3 Å². The van der Waals surface area contributed by atoms with Crippen LogP contribution < -0.4 is 11.5 Å². The van der Waals surface area contributed by atoms with Gasteiger partial charge >= 0.3 is 0 Å². The van der Waals surface area contributed by atoms with Crippen molar-refractivity contribution in [3.05, 3.63) is 60.4 Å². The molecular weight excluding hydrogens is 248 g/mol. The van der Waals surface area contributed by atoms with Crippen LogP contribution in [-0.4, -0.2) is 10.8 Å². The smallest absolute Gasteiger partial charge is 0.125 e. The number of amidine groups is 1. The first-order valence-electron chi connectivity index (χ1n) is 6.24. The van der Waals surface area contributed by atoms with Crippen LogP contribution in [0.2, 0.25) is 0 Å². The van der Waals surface area contributed by atoms with E-state index in [1.165, 1.54) is 6.20 Å². The second-order valence-electron chi connectivity index (χ2n) is 4.63. The summed E-state index contributed by atoms with van der Waals surface area (Å²) in [4.78, 5) is 4.11. The lowest BCUT2D eigenvalue weighted by Crippen LogP contribution is -2.15. The van der Waals surface area contributed by atoms with Crippen molar-refractivity contribution in [2.24, 2.45) is 5.73 Å². The molecule has 0 amide bonds. The van der Waals surface area contributed by atoms with E-state index in [2.05, 4.69) is 17.1 Å². The Morgan fingerprint density at radius 3 is 2.50 bits per heavy atom. The predicted molar refractivity (Wildman–Crippen MR) is 82.6 cm³/mol. The fraction of sp³-hybridized carbons (Fsp3) is 0. The van der Waals surface area contributed by atoms with Crippen LogP contribution in [0.25, 0.3) is 21.9 Å². The molecule has 2 aromatic carbocycles. The SMILES string of the molecule is N=C(N)c1c(N)cncc1-c1ccc2ccccc2c1. The maximum Gasteiger partial charge on any atom is 0.125 e. The Morgan fingerprint density at radius 1 is 1.00 bits per heavy atom. The second kappa shape index (κ2) is 4.66. The zero-order valence-corrected chi connectivity index (χ0v) is 10.8. The minimum absolute atomic E-state index is 0.0481. The van der Waals surface area contributed by atoms with Crippen LogP contribution in [0.5, 0.6) is 0 Å². The maximum atomic E-state index is 7.70. The molecule has 20 heavy (non-hydrogen) atoms. The molecule has 4 nitrogen and oxygen atoms in total. The number of nitrogens with zero attached hydrogens (tertiary/aromatic N) is 1. The number of hydrogen-bond acceptors (Lipinski definition) is 3. The number of rotatable bonds is 2. The normalized spacial score (nSPS) is 10.6. The van der Waals surface area contributed by atoms with Crippen molar-refractivity contribution < 1.29 is 0 Å². The van der Waals surface area contributed by atoms with E-state index in [0.717, 1.165) is 21.9 Å². The number of fused-ring (bicyclic) bond motifs is 1. The van der Waals surface area contributed by atoms with Crippen LogP contribution in [0, 0.1) is 5.41 Å². The molecule has 4 heteroatoms. The molecule has 0 unspecified atom stereocenters. The van der Waals surface area contributed by atoms with E-state index in [9.17, 15) is 0 Å². The summed E-state index contributed by atoms with van der Waals surface area (Å²) in [6.07, 6.45) is 3.21. The first kappa shape index (κ1) is 12.2. The topological polar surface area (TPSA) is 88.8 Å². The molecule has 0 radical (unpaired) electrons. The third-order valence-corrected chi connectivity index (χ3v) is 3.31. The molecule has 0 aliphatic carbocycles. The van der Waals surface area contributed by atoms with E-state index in [1.54, 1.807) is 6.20 Å². The zero-order valence-electron chi connectivity index (χ0n) is 10.8. The van der Waals surface area contributed by atoms with E-state index >= 15 is 0 Å². The molecule has 0 aliphatic heterocycles. The predicted octanol–water partition coefficient (Wildman–Crippen LogP) is 2.77. The highest BCUT2D eigenvalue weighted by molar-refractivity contribution is 6.06. The zero-order chi connectivity index (χ0) is 14.1. The van der Waals surface area contributed by atoms with E-state index in [0.29, 0.717) is 11.3 Å². The minimum Gasteiger partial charge on any atom is -0.397 e. The molecular formula is C16H14N4. The van der Waals surface area contributed by atoms with Gasteiger partial charge in [0.2, 0.25) is 0 Å². The number of nitrogens with two attached hydrogens (primary N) is 2. The van der Waals surface area contributed by atoms with Gasteiger partial charge in [0.15, 0.2) is 0 Å². The van der Waals surface area contributed by atoms with Gasteiger partial charge in [-0.3, -0.25) is 10.4 Å². The molecule has 0 bridgehead atoms. The van der Waals surface area contributed by atoms with Gasteiger partial charge in [-0.2, -0.15) is 0 Å². The summed E-state index contributed by atoms with van der Waals surface area (Å²) >= 11 is 0. The van der Waals surface area contributed by atoms with Gasteiger partial charge in [-0.1, -0.05) is 36.4 Å². The van der Waals surface area contributed by atoms with Crippen molar-refractivity contribution in [2.75, 3.05) is 5.73 Å². The quantitative estimate of drug-likeness (QED) is 0.490. The number of hydrogen-bond donors (Lipinski definition) is 3. The lowest BCUT2D eigenvalue weighted by molar-refractivity contribution is 1.31. The Bertz CT molecular complexity index is 808. The molecule has 0 saturated carbocycles. The lowest BCUT2D eigenvalue weighted by atomic mass is 9.97. The van der Waals surface area contributed by atoms with Gasteiger partial charge in [-0.25, -0.2) is 0 Å². The number of nitrogens with one attached hydrogen (secondary N) is 1. The Hall–Kier alpha value is -2.88. The van der Waals surface area contributed by atoms with Gasteiger partial charge in [0.1, 0.15) is 5.84 Å². The maximum absolute atomic E-state index is 7.70. The van der Waals surface area contributed by atoms with Crippen LogP contribution >= 0.6 is 0 Å². The van der Waals surface area contributed by atoms with E-state index in [-0.39, 0.29) is 5.84 Å². The number of nitrogen functional groups attached to an aromatic ring is 2. The number of aromatic nitrogens is 1. The van der Waals surface area contributed by atoms with Crippen molar-refractivity contribution in [1.82, 2.24) is 4.98 Å². The molecule has 1 aromatic heterocycles. The van der Waals surface area contributed by atoms with Gasteiger partial charge in [0, 0.05) is 17.3 Å². The van der Waals surface area contributed by atoms with Gasteiger partial charge in [0.05, 0.1) is 11.9 Å². The third kappa shape index (κ3) is 1.97. The average molecular weight is 262 g/mol. The highest BCUT2D eigenvalue weighted by atomic mass is 14.8. The van der Waals surface area contributed by atoms with Gasteiger partial charge in [-0.05, 0) is 22.4 Å². The van der Waals surface area contributed by atoms with E-state index in [4.69, 9.17) is 16.9 Å². The lowest BCUT2D eigenvalue weighted by Gasteiger charge is -2.11. The Kier molecular flexibility index (Phi) is 2.84. The van der Waals surface area contributed by atoms with Crippen LogP contribution in [0.3, 0.4) is 0 Å². The average Bonchev–Trinajstić information content (AvgIpc) is 2.46. The molecule has 98 valence electrons. The fourth-order valence-corrected chi connectivity index (χ4v) is 2.35. The second-order valence-corrected chi connectivity index (χ2v) is 4.63. The Labute approximate surface area is 116 Å². The molecule has 1 heterocycles. The summed E-state index contributed by atoms with van der Waals surface area (Å²) in [5, 5.41) is 9.99. The highest BCUT2D eigenvalue weighted by Gasteiger charge is 2.12. The Morgan fingerprint density at radius 2 is 1.75 bits per heavy atom. The Balaban J connectivity index is 2.25. The molecule has 3 aromatic rings. The molecule has 0 atom stereocenters. The van der Waals surface area contributed by atoms with Crippen LogP contribution in [0.4, 0.5) is 5.69 Å². The fourth-order valence-electron chi connectivity index (χ4n) is 2.35. The monoisotopic (exact) mass is 262 g/mol. The van der Waals surface area contributed by atoms with Gasteiger partial charge < -0.3 is 11.5 Å². The highest BCUT2D eigenvalue weighted by Crippen LogP contribution is 2.29. The molecule has 0 aliphatic rings. The van der Waals surface area contributed by atoms with Crippen LogP contribution in [0.15, 0.2) is 54.9 Å². The third-order valence-electron chi connectivity index (χ3n) is 3.31. The standard InChI is InChI=1S/C16H14N4/c17-14-9-20-8-13(15(14)16(18)19)12-6-5-10-3-1-2-4-11(10)7-12/h1-9H,17H2,(H3,18,19). The first-order valence-corrected chi connectivity index (χ1v) is 6.24. The summed E-state index contributed by atoms with van der Waals surface area (Å²) < 4.78 is 0. The number of pyridine rings is 1. The summed E-state index contributed by atoms with van der Waals surface area (Å²) in [6.45, 7) is 0. The molecule has 0 spiro atoms. The van der Waals surface area contributed by atoms with Crippen molar-refractivity contribution in [1.29, 1.82) is 5.41 Å². The summed E-state index contributed by atoms with van der Waals surface area (Å²) in [7, 11) is 0. The first-order chi connectivity index (χ1) is 9.66. The van der Waals surface area contributed by atoms with Crippen molar-refractivity contribution in [3.63, 3.8) is 0 Å². The van der Waals surface area contributed by atoms with Crippen LogP contribution in [-0.2, 0) is 0 Å². The molecule has 0 fully saturated rings. The molecule has 3 rings (SSSR count). The molecule has 5 N–H and O–H groups in total. The molecule has 0 saturated heterocycles. The van der Waals surface area contributed by atoms with Crippen molar-refractivity contribution >= 4 is 22.3 Å². The van der Waals surface area contributed by atoms with Crippen LogP contribution in [0.1, 0.15) is 5.56 Å². The number of benzene rings is 2. The number of anilines is 1. The van der Waals surface area contributed by atoms with Gasteiger partial charge in [-0.15, -0.1) is 0 Å².